The molecule has 1 aliphatic carbocycles. The molecule has 1 saturated carbocycles. The Kier molecular flexibility index (Phi) is 4.02. The normalized spacial score (nSPS) is 28.6. The van der Waals surface area contributed by atoms with Gasteiger partial charge in [0.15, 0.2) is 0 Å². The number of hydrogen-bond donors (Lipinski definition) is 1. The molecule has 0 spiro atoms. The average Bonchev–Trinajstić information content (AvgIpc) is 2.61. The molecule has 1 heterocycles. The van der Waals surface area contributed by atoms with E-state index in [0.29, 0.717) is 6.42 Å². The molecule has 0 amide bonds. The zero-order chi connectivity index (χ0) is 13.3. The Morgan fingerprint density at radius 2 is 2.06 bits per heavy atom. The Balaban J connectivity index is 2.16. The lowest BCUT2D eigenvalue weighted by atomic mass is 9.77. The number of rotatable bonds is 3. The van der Waals surface area contributed by atoms with E-state index in [1.54, 1.807) is 0 Å². The van der Waals surface area contributed by atoms with Gasteiger partial charge in [0.2, 0.25) is 0 Å². The summed E-state index contributed by atoms with van der Waals surface area (Å²) in [6.07, 6.45) is 5.41. The van der Waals surface area contributed by atoms with Gasteiger partial charge in [0.05, 0.1) is 22.0 Å². The van der Waals surface area contributed by atoms with Gasteiger partial charge in [-0.15, -0.1) is 0 Å². The van der Waals surface area contributed by atoms with Crippen molar-refractivity contribution in [2.45, 2.75) is 58.0 Å². The minimum Gasteiger partial charge on any atom is -0.389 e. The lowest BCUT2D eigenvalue weighted by Gasteiger charge is -2.35. The summed E-state index contributed by atoms with van der Waals surface area (Å²) in [4.78, 5) is 0. The molecule has 3 nitrogen and oxygen atoms in total. The van der Waals surface area contributed by atoms with Crippen LogP contribution in [0.1, 0.15) is 50.9 Å². The van der Waals surface area contributed by atoms with Crippen LogP contribution in [-0.2, 0) is 19.9 Å². The molecule has 0 aromatic carbocycles. The minimum atomic E-state index is -0.588. The minimum absolute atomic E-state index is 0.588. The first-order valence-electron chi connectivity index (χ1n) is 6.88. The van der Waals surface area contributed by atoms with Crippen LogP contribution in [-0.4, -0.2) is 20.5 Å². The summed E-state index contributed by atoms with van der Waals surface area (Å²) in [5.74, 6) is 0.735. The predicted octanol–water partition coefficient (Wildman–Crippen LogP) is 3.12. The third-order valence-corrected chi connectivity index (χ3v) is 4.64. The molecule has 0 saturated heterocycles. The first-order chi connectivity index (χ1) is 8.45. The monoisotopic (exact) mass is 270 g/mol. The van der Waals surface area contributed by atoms with Crippen molar-refractivity contribution in [3.8, 4) is 0 Å². The van der Waals surface area contributed by atoms with Gasteiger partial charge in [0.25, 0.3) is 0 Å². The van der Waals surface area contributed by atoms with Gasteiger partial charge in [-0.25, -0.2) is 0 Å². The van der Waals surface area contributed by atoms with Crippen LogP contribution in [0.5, 0.6) is 0 Å². The molecule has 0 radical (unpaired) electrons. The fourth-order valence-electron chi connectivity index (χ4n) is 2.80. The number of aryl methyl sites for hydroxylation is 2. The number of hydrogen-bond acceptors (Lipinski definition) is 2. The van der Waals surface area contributed by atoms with Crippen LogP contribution in [0.25, 0.3) is 0 Å². The summed E-state index contributed by atoms with van der Waals surface area (Å²) in [6.45, 7) is 4.31. The van der Waals surface area contributed by atoms with Crippen LogP contribution in [0.2, 0.25) is 5.02 Å². The van der Waals surface area contributed by atoms with Gasteiger partial charge < -0.3 is 5.11 Å². The van der Waals surface area contributed by atoms with E-state index in [1.165, 1.54) is 0 Å². The maximum atomic E-state index is 10.7. The molecule has 0 aliphatic heterocycles. The molecule has 4 heteroatoms. The molecule has 1 N–H and O–H groups in total. The standard InChI is InChI=1S/C14H23ClN2O/c1-4-11-13(15)12(17(3)16-11)9-14(18)7-5-10(2)6-8-14/h10,18H,4-9H2,1-3H3. The van der Waals surface area contributed by atoms with Crippen molar-refractivity contribution in [2.75, 3.05) is 0 Å². The second kappa shape index (κ2) is 5.22. The Labute approximate surface area is 114 Å². The maximum Gasteiger partial charge on any atom is 0.0850 e. The highest BCUT2D eigenvalue weighted by Gasteiger charge is 2.34. The molecule has 1 aliphatic rings. The van der Waals surface area contributed by atoms with Crippen LogP contribution in [0.4, 0.5) is 0 Å². The third-order valence-electron chi connectivity index (χ3n) is 4.20. The van der Waals surface area contributed by atoms with E-state index in [9.17, 15) is 5.11 Å². The van der Waals surface area contributed by atoms with E-state index in [-0.39, 0.29) is 0 Å². The number of halogens is 1. The van der Waals surface area contributed by atoms with E-state index >= 15 is 0 Å². The van der Waals surface area contributed by atoms with Gasteiger partial charge >= 0.3 is 0 Å². The van der Waals surface area contributed by atoms with Crippen molar-refractivity contribution >= 4 is 11.6 Å². The molecule has 1 fully saturated rings. The van der Waals surface area contributed by atoms with Crippen LogP contribution in [0.3, 0.4) is 0 Å². The van der Waals surface area contributed by atoms with E-state index in [2.05, 4.69) is 18.9 Å². The van der Waals surface area contributed by atoms with Crippen LogP contribution in [0, 0.1) is 5.92 Å². The van der Waals surface area contributed by atoms with Gasteiger partial charge in [-0.2, -0.15) is 5.10 Å². The summed E-state index contributed by atoms with van der Waals surface area (Å²) in [6, 6.07) is 0. The van der Waals surface area contributed by atoms with Crippen molar-refractivity contribution in [2.24, 2.45) is 13.0 Å². The maximum absolute atomic E-state index is 10.7. The van der Waals surface area contributed by atoms with Crippen LogP contribution >= 0.6 is 11.6 Å². The molecule has 0 atom stereocenters. The van der Waals surface area contributed by atoms with Gasteiger partial charge in [-0.3, -0.25) is 4.68 Å². The fourth-order valence-corrected chi connectivity index (χ4v) is 3.16. The van der Waals surface area contributed by atoms with Crippen molar-refractivity contribution in [3.63, 3.8) is 0 Å². The topological polar surface area (TPSA) is 38.0 Å². The average molecular weight is 271 g/mol. The Morgan fingerprint density at radius 3 is 2.56 bits per heavy atom. The third kappa shape index (κ3) is 2.72. The van der Waals surface area contributed by atoms with Gasteiger partial charge in [0.1, 0.15) is 0 Å². The highest BCUT2D eigenvalue weighted by molar-refractivity contribution is 6.31. The van der Waals surface area contributed by atoms with E-state index < -0.39 is 5.60 Å². The zero-order valence-corrected chi connectivity index (χ0v) is 12.3. The molecule has 2 rings (SSSR count). The Morgan fingerprint density at radius 1 is 1.44 bits per heavy atom. The second-order valence-corrected chi connectivity index (χ2v) is 6.15. The smallest absolute Gasteiger partial charge is 0.0850 e. The first kappa shape index (κ1) is 13.9. The molecule has 0 unspecified atom stereocenters. The number of aliphatic hydroxyl groups is 1. The number of nitrogens with zero attached hydrogens (tertiary/aromatic N) is 2. The molecule has 18 heavy (non-hydrogen) atoms. The second-order valence-electron chi connectivity index (χ2n) is 5.77. The predicted molar refractivity (Wildman–Crippen MR) is 73.9 cm³/mol. The summed E-state index contributed by atoms with van der Waals surface area (Å²) in [5, 5.41) is 15.8. The molecular weight excluding hydrogens is 248 g/mol. The van der Waals surface area contributed by atoms with Gasteiger partial charge in [0, 0.05) is 13.5 Å². The largest absolute Gasteiger partial charge is 0.389 e. The zero-order valence-electron chi connectivity index (χ0n) is 11.5. The van der Waals surface area contributed by atoms with Crippen LogP contribution < -0.4 is 0 Å². The molecule has 1 aromatic rings. The Hall–Kier alpha value is -0.540. The lowest BCUT2D eigenvalue weighted by Crippen LogP contribution is -2.36. The van der Waals surface area contributed by atoms with Gasteiger partial charge in [-0.1, -0.05) is 25.4 Å². The van der Waals surface area contributed by atoms with Crippen molar-refractivity contribution in [3.05, 3.63) is 16.4 Å². The molecule has 0 bridgehead atoms. The van der Waals surface area contributed by atoms with E-state index in [1.807, 2.05) is 11.7 Å². The van der Waals surface area contributed by atoms with E-state index in [0.717, 1.165) is 54.4 Å². The highest BCUT2D eigenvalue weighted by Crippen LogP contribution is 2.36. The Bertz CT molecular complexity index is 420. The molecular formula is C14H23ClN2O. The summed E-state index contributed by atoms with van der Waals surface area (Å²) in [5.41, 5.74) is 1.32. The summed E-state index contributed by atoms with van der Waals surface area (Å²) < 4.78 is 1.83. The highest BCUT2D eigenvalue weighted by atomic mass is 35.5. The summed E-state index contributed by atoms with van der Waals surface area (Å²) in [7, 11) is 1.91. The first-order valence-corrected chi connectivity index (χ1v) is 7.25. The fraction of sp³-hybridized carbons (Fsp3) is 0.786. The van der Waals surface area contributed by atoms with Crippen molar-refractivity contribution < 1.29 is 5.11 Å². The quantitative estimate of drug-likeness (QED) is 0.916. The van der Waals surface area contributed by atoms with Crippen molar-refractivity contribution in [1.29, 1.82) is 0 Å². The SMILES string of the molecule is CCc1nn(C)c(CC2(O)CCC(C)CC2)c1Cl. The van der Waals surface area contributed by atoms with Crippen molar-refractivity contribution in [1.82, 2.24) is 9.78 Å². The molecule has 1 aromatic heterocycles. The summed E-state index contributed by atoms with van der Waals surface area (Å²) >= 11 is 6.35. The van der Waals surface area contributed by atoms with E-state index in [4.69, 9.17) is 11.6 Å². The number of aromatic nitrogens is 2. The molecule has 102 valence electrons. The van der Waals surface area contributed by atoms with Crippen LogP contribution in [0.15, 0.2) is 0 Å². The van der Waals surface area contributed by atoms with Gasteiger partial charge in [-0.05, 0) is 38.0 Å². The lowest BCUT2D eigenvalue weighted by molar-refractivity contribution is -0.00810.